The zero-order valence-electron chi connectivity index (χ0n) is 15.8. The van der Waals surface area contributed by atoms with Crippen LogP contribution in [0.25, 0.3) is 11.2 Å². The van der Waals surface area contributed by atoms with Crippen molar-refractivity contribution in [2.24, 2.45) is 0 Å². The molecule has 1 atom stereocenters. The van der Waals surface area contributed by atoms with Gasteiger partial charge in [0.1, 0.15) is 5.52 Å². The predicted molar refractivity (Wildman–Crippen MR) is 108 cm³/mol. The average molecular weight is 385 g/mol. The highest BCUT2D eigenvalue weighted by molar-refractivity contribution is 6.31. The summed E-state index contributed by atoms with van der Waals surface area (Å²) in [5, 5.41) is 5.75. The standard InChI is InChI=1S/C20H25ClN6/c1-25(2)11-12-27-20-19(22-8-9-23-20)18(24-27)16-7-10-26(14-16)13-15-5-3-4-6-17(15)21/h3-6,8-9,16H,7,10-14H2,1-2H3. The maximum Gasteiger partial charge on any atom is 0.177 e. The first-order chi connectivity index (χ1) is 13.1. The molecule has 27 heavy (non-hydrogen) atoms. The second-order valence-electron chi connectivity index (χ2n) is 7.45. The Hall–Kier alpha value is -2.02. The minimum absolute atomic E-state index is 0.382. The molecule has 1 fully saturated rings. The lowest BCUT2D eigenvalue weighted by Crippen LogP contribution is -2.20. The number of nitrogens with zero attached hydrogens (tertiary/aromatic N) is 6. The maximum absolute atomic E-state index is 6.33. The van der Waals surface area contributed by atoms with E-state index in [9.17, 15) is 0 Å². The Balaban J connectivity index is 1.54. The molecule has 1 aliphatic rings. The molecule has 1 saturated heterocycles. The Morgan fingerprint density at radius 1 is 1.19 bits per heavy atom. The number of hydrogen-bond acceptors (Lipinski definition) is 5. The number of hydrogen-bond donors (Lipinski definition) is 0. The number of likely N-dealkylation sites (tertiary alicyclic amines) is 1. The van der Waals surface area contributed by atoms with Crippen LogP contribution in [0.15, 0.2) is 36.7 Å². The van der Waals surface area contributed by atoms with Gasteiger partial charge in [0.2, 0.25) is 0 Å². The van der Waals surface area contributed by atoms with E-state index in [1.54, 1.807) is 12.4 Å². The van der Waals surface area contributed by atoms with Crippen LogP contribution in [0.1, 0.15) is 23.6 Å². The van der Waals surface area contributed by atoms with Crippen LogP contribution in [-0.4, -0.2) is 63.3 Å². The Kier molecular flexibility index (Phi) is 5.38. The van der Waals surface area contributed by atoms with Gasteiger partial charge in [-0.05, 0) is 38.7 Å². The summed E-state index contributed by atoms with van der Waals surface area (Å²) < 4.78 is 2.01. The summed E-state index contributed by atoms with van der Waals surface area (Å²) in [6.45, 7) is 4.64. The summed E-state index contributed by atoms with van der Waals surface area (Å²) in [5.74, 6) is 0.382. The van der Waals surface area contributed by atoms with Crippen molar-refractivity contribution < 1.29 is 0 Å². The van der Waals surface area contributed by atoms with Crippen LogP contribution in [0, 0.1) is 0 Å². The summed E-state index contributed by atoms with van der Waals surface area (Å²) in [6.07, 6.45) is 4.60. The minimum Gasteiger partial charge on any atom is -0.308 e. The van der Waals surface area contributed by atoms with Crippen molar-refractivity contribution in [1.29, 1.82) is 0 Å². The molecule has 142 valence electrons. The van der Waals surface area contributed by atoms with Crippen molar-refractivity contribution in [3.8, 4) is 0 Å². The van der Waals surface area contributed by atoms with E-state index in [1.165, 1.54) is 5.56 Å². The predicted octanol–water partition coefficient (Wildman–Crippen LogP) is 3.03. The third kappa shape index (κ3) is 3.98. The van der Waals surface area contributed by atoms with Crippen molar-refractivity contribution in [3.63, 3.8) is 0 Å². The van der Waals surface area contributed by atoms with Crippen LogP contribution in [0.4, 0.5) is 0 Å². The van der Waals surface area contributed by atoms with Crippen LogP contribution in [0.3, 0.4) is 0 Å². The van der Waals surface area contributed by atoms with E-state index < -0.39 is 0 Å². The van der Waals surface area contributed by atoms with E-state index >= 15 is 0 Å². The molecule has 0 N–H and O–H groups in total. The Morgan fingerprint density at radius 2 is 2.00 bits per heavy atom. The molecule has 2 aromatic heterocycles. The van der Waals surface area contributed by atoms with Gasteiger partial charge in [0.05, 0.1) is 12.2 Å². The average Bonchev–Trinajstić information content (AvgIpc) is 3.26. The number of fused-ring (bicyclic) bond motifs is 1. The molecule has 3 heterocycles. The van der Waals surface area contributed by atoms with Gasteiger partial charge in [0, 0.05) is 43.0 Å². The molecule has 0 amide bonds. The monoisotopic (exact) mass is 384 g/mol. The van der Waals surface area contributed by atoms with Crippen LogP contribution in [-0.2, 0) is 13.1 Å². The zero-order valence-corrected chi connectivity index (χ0v) is 16.6. The highest BCUT2D eigenvalue weighted by Gasteiger charge is 2.29. The van der Waals surface area contributed by atoms with E-state index in [-0.39, 0.29) is 0 Å². The van der Waals surface area contributed by atoms with Gasteiger partial charge in [-0.25, -0.2) is 14.6 Å². The number of aromatic nitrogens is 4. The van der Waals surface area contributed by atoms with Crippen molar-refractivity contribution >= 4 is 22.8 Å². The number of halogens is 1. The van der Waals surface area contributed by atoms with E-state index in [0.29, 0.717) is 5.92 Å². The second kappa shape index (κ2) is 7.92. The van der Waals surface area contributed by atoms with E-state index in [0.717, 1.165) is 61.0 Å². The molecule has 1 unspecified atom stereocenters. The highest BCUT2D eigenvalue weighted by Crippen LogP contribution is 2.31. The van der Waals surface area contributed by atoms with Crippen LogP contribution in [0.5, 0.6) is 0 Å². The molecular weight excluding hydrogens is 360 g/mol. The molecule has 0 saturated carbocycles. The molecule has 7 heteroatoms. The van der Waals surface area contributed by atoms with Crippen molar-refractivity contribution in [1.82, 2.24) is 29.5 Å². The van der Waals surface area contributed by atoms with Gasteiger partial charge >= 0.3 is 0 Å². The third-order valence-electron chi connectivity index (χ3n) is 5.16. The van der Waals surface area contributed by atoms with Crippen molar-refractivity contribution in [2.75, 3.05) is 33.7 Å². The molecule has 3 aromatic rings. The molecule has 0 spiro atoms. The lowest BCUT2D eigenvalue weighted by molar-refractivity contribution is 0.326. The quantitative estimate of drug-likeness (QED) is 0.653. The van der Waals surface area contributed by atoms with Crippen molar-refractivity contribution in [2.45, 2.75) is 25.4 Å². The lowest BCUT2D eigenvalue weighted by Gasteiger charge is -2.16. The number of likely N-dealkylation sites (N-methyl/N-ethyl adjacent to an activating group) is 1. The van der Waals surface area contributed by atoms with E-state index in [4.69, 9.17) is 16.7 Å². The summed E-state index contributed by atoms with van der Waals surface area (Å²) in [4.78, 5) is 13.7. The molecule has 0 bridgehead atoms. The Bertz CT molecular complexity index is 922. The van der Waals surface area contributed by atoms with Gasteiger partial charge < -0.3 is 4.90 Å². The molecule has 6 nitrogen and oxygen atoms in total. The van der Waals surface area contributed by atoms with Gasteiger partial charge in [-0.15, -0.1) is 0 Å². The summed E-state index contributed by atoms with van der Waals surface area (Å²) >= 11 is 6.33. The molecule has 4 rings (SSSR count). The normalized spacial score (nSPS) is 18.0. The van der Waals surface area contributed by atoms with Gasteiger partial charge in [0.15, 0.2) is 5.65 Å². The zero-order chi connectivity index (χ0) is 18.8. The topological polar surface area (TPSA) is 50.1 Å². The summed E-state index contributed by atoms with van der Waals surface area (Å²) in [6, 6.07) is 8.08. The molecule has 1 aliphatic heterocycles. The van der Waals surface area contributed by atoms with Gasteiger partial charge in [-0.1, -0.05) is 29.8 Å². The first-order valence-electron chi connectivity index (χ1n) is 9.39. The highest BCUT2D eigenvalue weighted by atomic mass is 35.5. The van der Waals surface area contributed by atoms with Gasteiger partial charge in [0.25, 0.3) is 0 Å². The molecular formula is C20H25ClN6. The van der Waals surface area contributed by atoms with Crippen molar-refractivity contribution in [3.05, 3.63) is 52.9 Å². The number of benzene rings is 1. The second-order valence-corrected chi connectivity index (χ2v) is 7.86. The fraction of sp³-hybridized carbons (Fsp3) is 0.450. The smallest absolute Gasteiger partial charge is 0.177 e. The van der Waals surface area contributed by atoms with E-state index in [2.05, 4.69) is 39.9 Å². The SMILES string of the molecule is CN(C)CCn1nc(C2CCN(Cc3ccccc3Cl)C2)c2nccnc21. The van der Waals surface area contributed by atoms with Crippen LogP contribution < -0.4 is 0 Å². The third-order valence-corrected chi connectivity index (χ3v) is 5.53. The van der Waals surface area contributed by atoms with Gasteiger partial charge in [-0.3, -0.25) is 4.90 Å². The van der Waals surface area contributed by atoms with E-state index in [1.807, 2.05) is 22.9 Å². The molecule has 0 radical (unpaired) electrons. The molecule has 1 aromatic carbocycles. The fourth-order valence-corrected chi connectivity index (χ4v) is 3.91. The Morgan fingerprint density at radius 3 is 2.81 bits per heavy atom. The Labute approximate surface area is 164 Å². The maximum atomic E-state index is 6.33. The van der Waals surface area contributed by atoms with Crippen LogP contribution in [0.2, 0.25) is 5.02 Å². The molecule has 0 aliphatic carbocycles. The largest absolute Gasteiger partial charge is 0.308 e. The fourth-order valence-electron chi connectivity index (χ4n) is 3.72. The van der Waals surface area contributed by atoms with Crippen LogP contribution >= 0.6 is 11.6 Å². The first-order valence-corrected chi connectivity index (χ1v) is 9.77. The van der Waals surface area contributed by atoms with Gasteiger partial charge in [-0.2, -0.15) is 5.10 Å². The number of rotatable bonds is 6. The first kappa shape index (κ1) is 18.3. The summed E-state index contributed by atoms with van der Waals surface area (Å²) in [7, 11) is 4.14. The lowest BCUT2D eigenvalue weighted by atomic mass is 10.0. The summed E-state index contributed by atoms with van der Waals surface area (Å²) in [5.41, 5.74) is 4.10. The minimum atomic E-state index is 0.382.